The minimum atomic E-state index is -0.969. The number of carbonyl (C=O) groups is 1. The zero-order valence-electron chi connectivity index (χ0n) is 16.3. The molecule has 1 aromatic heterocycles. The molecule has 0 aromatic carbocycles. The van der Waals surface area contributed by atoms with Crippen molar-refractivity contribution in [3.8, 4) is 0 Å². The van der Waals surface area contributed by atoms with Crippen molar-refractivity contribution in [1.29, 1.82) is 0 Å². The van der Waals surface area contributed by atoms with Gasteiger partial charge in [0.15, 0.2) is 0 Å². The Morgan fingerprint density at radius 1 is 1.11 bits per heavy atom. The van der Waals surface area contributed by atoms with Gasteiger partial charge in [0, 0.05) is 24.1 Å². The summed E-state index contributed by atoms with van der Waals surface area (Å²) in [5.41, 5.74) is -0.382. The molecule has 2 saturated heterocycles. The van der Waals surface area contributed by atoms with Crippen molar-refractivity contribution in [3.05, 3.63) is 28.2 Å². The summed E-state index contributed by atoms with van der Waals surface area (Å²) in [5, 5.41) is 15.6. The fourth-order valence-corrected chi connectivity index (χ4v) is 5.52. The van der Waals surface area contributed by atoms with E-state index in [-0.39, 0.29) is 30.1 Å². The predicted molar refractivity (Wildman–Crippen MR) is 102 cm³/mol. The van der Waals surface area contributed by atoms with Crippen LogP contribution < -0.4 is 5.56 Å². The van der Waals surface area contributed by atoms with E-state index in [9.17, 15) is 14.7 Å². The fourth-order valence-electron chi connectivity index (χ4n) is 5.52. The lowest BCUT2D eigenvalue weighted by atomic mass is 9.74. The lowest BCUT2D eigenvalue weighted by Crippen LogP contribution is -2.62. The van der Waals surface area contributed by atoms with Crippen LogP contribution in [0.25, 0.3) is 0 Å². The molecule has 0 spiro atoms. The van der Waals surface area contributed by atoms with Crippen LogP contribution in [-0.4, -0.2) is 43.4 Å². The van der Waals surface area contributed by atoms with Gasteiger partial charge in [0.2, 0.25) is 5.91 Å². The van der Waals surface area contributed by atoms with Crippen molar-refractivity contribution in [2.75, 3.05) is 0 Å². The Bertz CT molecular complexity index is 739. The quantitative estimate of drug-likeness (QED) is 0.883. The summed E-state index contributed by atoms with van der Waals surface area (Å²) in [6, 6.07) is 3.40. The van der Waals surface area contributed by atoms with Crippen LogP contribution in [0.1, 0.15) is 69.9 Å². The second-order valence-corrected chi connectivity index (χ2v) is 8.92. The second-order valence-electron chi connectivity index (χ2n) is 8.92. The second kappa shape index (κ2) is 7.38. The Balaban J connectivity index is 1.52. The maximum absolute atomic E-state index is 13.2. The maximum atomic E-state index is 13.2. The molecule has 27 heavy (non-hydrogen) atoms. The molecule has 1 saturated carbocycles. The van der Waals surface area contributed by atoms with E-state index < -0.39 is 5.60 Å². The fraction of sp³-hybridized carbons (Fsp3) is 0.762. The average molecular weight is 373 g/mol. The molecular formula is C21H31N3O3. The zero-order valence-corrected chi connectivity index (χ0v) is 16.3. The van der Waals surface area contributed by atoms with E-state index in [1.165, 1.54) is 17.2 Å². The normalized spacial score (nSPS) is 31.7. The van der Waals surface area contributed by atoms with Crippen molar-refractivity contribution in [2.45, 2.75) is 95.4 Å². The van der Waals surface area contributed by atoms with Gasteiger partial charge in [0.1, 0.15) is 0 Å². The molecule has 1 aromatic rings. The van der Waals surface area contributed by atoms with Gasteiger partial charge in [-0.1, -0.05) is 19.3 Å². The molecule has 2 atom stereocenters. The molecule has 0 unspecified atom stereocenters. The Morgan fingerprint density at radius 2 is 1.78 bits per heavy atom. The maximum Gasteiger partial charge on any atom is 0.266 e. The molecule has 2 bridgehead atoms. The van der Waals surface area contributed by atoms with Gasteiger partial charge >= 0.3 is 0 Å². The number of piperidine rings is 2. The zero-order chi connectivity index (χ0) is 19.0. The highest BCUT2D eigenvalue weighted by Crippen LogP contribution is 2.41. The van der Waals surface area contributed by atoms with E-state index in [1.807, 2.05) is 6.92 Å². The summed E-state index contributed by atoms with van der Waals surface area (Å²) in [6.07, 6.45) is 9.70. The van der Waals surface area contributed by atoms with E-state index in [2.05, 4.69) is 10.00 Å². The van der Waals surface area contributed by atoms with Crippen LogP contribution in [0.5, 0.6) is 0 Å². The molecule has 6 heteroatoms. The summed E-state index contributed by atoms with van der Waals surface area (Å²) >= 11 is 0. The molecule has 0 radical (unpaired) electrons. The lowest BCUT2D eigenvalue weighted by molar-refractivity contribution is -0.158. The van der Waals surface area contributed by atoms with Crippen molar-refractivity contribution in [3.63, 3.8) is 0 Å². The molecule has 3 aliphatic rings. The summed E-state index contributed by atoms with van der Waals surface area (Å²) in [7, 11) is 0. The third-order valence-electron chi connectivity index (χ3n) is 6.75. The summed E-state index contributed by atoms with van der Waals surface area (Å²) < 4.78 is 1.39. The molecule has 1 aliphatic carbocycles. The molecule has 6 nitrogen and oxygen atoms in total. The summed E-state index contributed by atoms with van der Waals surface area (Å²) in [6.45, 7) is 2.06. The topological polar surface area (TPSA) is 75.4 Å². The summed E-state index contributed by atoms with van der Waals surface area (Å²) in [5.74, 6) is 0.492. The third-order valence-corrected chi connectivity index (χ3v) is 6.75. The largest absolute Gasteiger partial charge is 0.388 e. The minimum absolute atomic E-state index is 0.0948. The highest BCUT2D eigenvalue weighted by Gasteiger charge is 2.48. The Labute approximate surface area is 160 Å². The van der Waals surface area contributed by atoms with E-state index >= 15 is 0 Å². The molecule has 1 amide bonds. The van der Waals surface area contributed by atoms with Gasteiger partial charge in [-0.05, 0) is 57.9 Å². The first kappa shape index (κ1) is 18.7. The van der Waals surface area contributed by atoms with Gasteiger partial charge in [-0.3, -0.25) is 9.59 Å². The Hall–Kier alpha value is -1.69. The van der Waals surface area contributed by atoms with Crippen molar-refractivity contribution >= 4 is 5.91 Å². The number of rotatable bonds is 3. The standard InChI is InChI=1S/C21H31N3O3/c1-15-10-11-19(25)23(22-15)14-21(27)12-17-8-5-9-18(13-21)24(17)20(26)16-6-3-2-4-7-16/h10-11,16-18,27H,2-9,12-14H2,1H3/t17-,18-/m0/s1. The molecule has 4 rings (SSSR count). The first-order valence-corrected chi connectivity index (χ1v) is 10.5. The Morgan fingerprint density at radius 3 is 2.44 bits per heavy atom. The van der Waals surface area contributed by atoms with Crippen molar-refractivity contribution in [2.24, 2.45) is 5.92 Å². The smallest absolute Gasteiger partial charge is 0.266 e. The van der Waals surface area contributed by atoms with E-state index in [0.29, 0.717) is 18.7 Å². The third kappa shape index (κ3) is 3.82. The average Bonchev–Trinajstić information content (AvgIpc) is 2.64. The number of aryl methyl sites for hydroxylation is 1. The lowest BCUT2D eigenvalue weighted by Gasteiger charge is -2.53. The molecule has 2 aliphatic heterocycles. The molecule has 3 fully saturated rings. The number of hydrogen-bond donors (Lipinski definition) is 1. The first-order chi connectivity index (χ1) is 13.0. The molecule has 148 valence electrons. The predicted octanol–water partition coefficient (Wildman–Crippen LogP) is 2.41. The number of fused-ring (bicyclic) bond motifs is 2. The first-order valence-electron chi connectivity index (χ1n) is 10.5. The SMILES string of the molecule is Cc1ccc(=O)n(CC2(O)C[C@@H]3CCC[C@@H](C2)N3C(=O)C2CCCCC2)n1. The highest BCUT2D eigenvalue weighted by molar-refractivity contribution is 5.80. The van der Waals surface area contributed by atoms with E-state index in [0.717, 1.165) is 50.6 Å². The molecular weight excluding hydrogens is 342 g/mol. The van der Waals surface area contributed by atoms with Gasteiger partial charge in [-0.15, -0.1) is 0 Å². The van der Waals surface area contributed by atoms with Crippen LogP contribution in [0.4, 0.5) is 0 Å². The number of aromatic nitrogens is 2. The number of nitrogens with zero attached hydrogens (tertiary/aromatic N) is 3. The molecule has 1 N–H and O–H groups in total. The van der Waals surface area contributed by atoms with Gasteiger partial charge in [-0.2, -0.15) is 5.10 Å². The van der Waals surface area contributed by atoms with Gasteiger partial charge in [0.05, 0.1) is 17.8 Å². The highest BCUT2D eigenvalue weighted by atomic mass is 16.3. The van der Waals surface area contributed by atoms with Crippen LogP contribution in [0, 0.1) is 12.8 Å². The number of hydrogen-bond acceptors (Lipinski definition) is 4. The van der Waals surface area contributed by atoms with E-state index in [1.54, 1.807) is 6.07 Å². The van der Waals surface area contributed by atoms with E-state index in [4.69, 9.17) is 0 Å². The van der Waals surface area contributed by atoms with Crippen LogP contribution in [0.2, 0.25) is 0 Å². The minimum Gasteiger partial charge on any atom is -0.388 e. The Kier molecular flexibility index (Phi) is 5.10. The van der Waals surface area contributed by atoms with Gasteiger partial charge < -0.3 is 10.0 Å². The van der Waals surface area contributed by atoms with Crippen LogP contribution in [0.15, 0.2) is 16.9 Å². The van der Waals surface area contributed by atoms with Crippen LogP contribution in [0.3, 0.4) is 0 Å². The van der Waals surface area contributed by atoms with Crippen LogP contribution >= 0.6 is 0 Å². The summed E-state index contributed by atoms with van der Waals surface area (Å²) in [4.78, 5) is 27.5. The molecule has 3 heterocycles. The van der Waals surface area contributed by atoms with Gasteiger partial charge in [-0.25, -0.2) is 4.68 Å². The number of aliphatic hydroxyl groups is 1. The van der Waals surface area contributed by atoms with Gasteiger partial charge in [0.25, 0.3) is 5.56 Å². The number of carbonyl (C=O) groups excluding carboxylic acids is 1. The van der Waals surface area contributed by atoms with Crippen LogP contribution in [-0.2, 0) is 11.3 Å². The number of amides is 1. The van der Waals surface area contributed by atoms with Crippen molar-refractivity contribution < 1.29 is 9.90 Å². The van der Waals surface area contributed by atoms with Crippen molar-refractivity contribution in [1.82, 2.24) is 14.7 Å². The monoisotopic (exact) mass is 373 g/mol.